The van der Waals surface area contributed by atoms with Crippen molar-refractivity contribution in [3.63, 3.8) is 0 Å². The van der Waals surface area contributed by atoms with E-state index >= 15 is 0 Å². The highest BCUT2D eigenvalue weighted by Crippen LogP contribution is 2.50. The smallest absolute Gasteiger partial charge is 0.275 e. The van der Waals surface area contributed by atoms with E-state index in [1.165, 1.54) is 0 Å². The molecule has 2 aromatic carbocycles. The van der Waals surface area contributed by atoms with Crippen molar-refractivity contribution in [2.24, 2.45) is 38.4 Å². The molecule has 1 fully saturated rings. The number of hydrogen-bond acceptors (Lipinski definition) is 7. The van der Waals surface area contributed by atoms with Crippen LogP contribution in [0, 0.1) is 16.7 Å². The first kappa shape index (κ1) is 34.9. The molecule has 0 aromatic heterocycles. The van der Waals surface area contributed by atoms with Gasteiger partial charge in [-0.3, -0.25) is 14.6 Å². The van der Waals surface area contributed by atoms with Crippen LogP contribution in [0.1, 0.15) is 115 Å². The topological polar surface area (TPSA) is 147 Å². The van der Waals surface area contributed by atoms with Crippen molar-refractivity contribution in [3.8, 4) is 5.75 Å². The van der Waals surface area contributed by atoms with E-state index in [-0.39, 0.29) is 41.1 Å². The quantitative estimate of drug-likeness (QED) is 0.109. The Morgan fingerprint density at radius 2 is 1.70 bits per heavy atom. The average Bonchev–Trinajstić information content (AvgIpc) is 3.27. The number of amides is 2. The van der Waals surface area contributed by atoms with Gasteiger partial charge in [0, 0.05) is 11.1 Å². The van der Waals surface area contributed by atoms with Crippen molar-refractivity contribution in [2.45, 2.75) is 98.7 Å². The number of nitrogens with one attached hydrogen (secondary N) is 2. The van der Waals surface area contributed by atoms with Gasteiger partial charge in [-0.25, -0.2) is 11.4 Å². The lowest BCUT2D eigenvalue weighted by molar-refractivity contribution is -0.134. The molecule has 10 nitrogen and oxygen atoms in total. The molecule has 0 radical (unpaired) electrons. The number of aliphatic imine (C=N–C) groups is 1. The fourth-order valence-corrected chi connectivity index (χ4v) is 6.67. The molecule has 46 heavy (non-hydrogen) atoms. The Labute approximate surface area is 274 Å². The van der Waals surface area contributed by atoms with Gasteiger partial charge in [0.2, 0.25) is 0 Å². The van der Waals surface area contributed by atoms with Crippen LogP contribution < -0.4 is 27.2 Å². The lowest BCUT2D eigenvalue weighted by atomic mass is 9.69. The van der Waals surface area contributed by atoms with E-state index in [2.05, 4.69) is 62.4 Å². The van der Waals surface area contributed by atoms with Gasteiger partial charge < -0.3 is 20.7 Å². The maximum atomic E-state index is 14.6. The third kappa shape index (κ3) is 8.26. The van der Waals surface area contributed by atoms with Crippen molar-refractivity contribution >= 4 is 23.4 Å². The summed E-state index contributed by atoms with van der Waals surface area (Å²) in [5.41, 5.74) is 10.3. The highest BCUT2D eigenvalue weighted by Gasteiger charge is 2.52. The highest BCUT2D eigenvalue weighted by molar-refractivity contribution is 6.46. The summed E-state index contributed by atoms with van der Waals surface area (Å²) in [4.78, 5) is 34.9. The lowest BCUT2D eigenvalue weighted by Crippen LogP contribution is -2.51. The molecule has 4 rings (SSSR count). The van der Waals surface area contributed by atoms with E-state index in [1.807, 2.05) is 43.3 Å². The lowest BCUT2D eigenvalue weighted by Gasteiger charge is -2.47. The zero-order chi connectivity index (χ0) is 33.7. The molecule has 1 unspecified atom stereocenters. The van der Waals surface area contributed by atoms with Crippen LogP contribution in [-0.4, -0.2) is 47.1 Å². The summed E-state index contributed by atoms with van der Waals surface area (Å²) in [6.07, 6.45) is 5.32. The number of nitrogens with two attached hydrogens (primary N) is 2. The van der Waals surface area contributed by atoms with Crippen molar-refractivity contribution in [2.75, 3.05) is 13.2 Å². The molecule has 1 spiro atoms. The van der Waals surface area contributed by atoms with E-state index in [4.69, 9.17) is 21.3 Å². The number of carbonyl (C=O) groups is 2. The number of amidine groups is 1. The predicted molar refractivity (Wildman–Crippen MR) is 184 cm³/mol. The Morgan fingerprint density at radius 3 is 2.24 bits per heavy atom. The monoisotopic (exact) mass is 631 g/mol. The molecule has 1 atom stereocenters. The molecule has 2 aliphatic rings. The molecule has 250 valence electrons. The molecule has 1 saturated carbocycles. The number of rotatable bonds is 11. The van der Waals surface area contributed by atoms with E-state index in [1.54, 1.807) is 12.1 Å². The average molecular weight is 632 g/mol. The zero-order valence-corrected chi connectivity index (χ0v) is 28.7. The van der Waals surface area contributed by atoms with E-state index in [0.29, 0.717) is 23.8 Å². The van der Waals surface area contributed by atoms with Gasteiger partial charge in [-0.05, 0) is 104 Å². The molecule has 1 aliphatic carbocycles. The van der Waals surface area contributed by atoms with Gasteiger partial charge in [0.15, 0.2) is 0 Å². The SMILES string of the molecule is CCOc1ccc(C2=NC3(CCC(C(C)(C)C)CC3)N(C(CCC(C)(C)C)c3ccc(C(=O)NC/C(N)=N/NN)cc3)C2=O)cc1. The molecular formula is C36H53N7O3. The second-order valence-corrected chi connectivity index (χ2v) is 14.9. The minimum absolute atomic E-state index is 0.0395. The van der Waals surface area contributed by atoms with Crippen molar-refractivity contribution < 1.29 is 14.3 Å². The van der Waals surface area contributed by atoms with Gasteiger partial charge in [0.05, 0.1) is 19.2 Å². The Balaban J connectivity index is 1.71. The van der Waals surface area contributed by atoms with E-state index < -0.39 is 5.66 Å². The molecule has 2 amide bonds. The summed E-state index contributed by atoms with van der Waals surface area (Å²) < 4.78 is 5.67. The van der Waals surface area contributed by atoms with Gasteiger partial charge in [0.1, 0.15) is 23.0 Å². The van der Waals surface area contributed by atoms with Crippen molar-refractivity contribution in [1.29, 1.82) is 0 Å². The summed E-state index contributed by atoms with van der Waals surface area (Å²) >= 11 is 0. The van der Waals surface area contributed by atoms with Gasteiger partial charge in [-0.1, -0.05) is 53.7 Å². The fourth-order valence-electron chi connectivity index (χ4n) is 6.67. The van der Waals surface area contributed by atoms with Crippen molar-refractivity contribution in [3.05, 3.63) is 65.2 Å². The zero-order valence-electron chi connectivity index (χ0n) is 28.7. The molecule has 0 bridgehead atoms. The summed E-state index contributed by atoms with van der Waals surface area (Å²) in [6.45, 7) is 16.2. The highest BCUT2D eigenvalue weighted by atomic mass is 16.5. The van der Waals surface area contributed by atoms with Crippen LogP contribution in [0.4, 0.5) is 0 Å². The number of benzene rings is 2. The van der Waals surface area contributed by atoms with Crippen LogP contribution in [0.2, 0.25) is 0 Å². The minimum atomic E-state index is -0.626. The Hall–Kier alpha value is -3.92. The largest absolute Gasteiger partial charge is 0.494 e. The number of ether oxygens (including phenoxy) is 1. The standard InChI is InChI=1S/C36H53N7O3/c1-8-46-28-15-13-25(14-16-28)31-33(45)43(36(40-31)21-17-27(18-22-36)35(5,6)7)29(19-20-34(2,3)4)24-9-11-26(12-10-24)32(44)39-23-30(37)41-42-38/h9-16,27,29,42H,8,17-23,38H2,1-7H3,(H2,37,41)(H,39,44). The van der Waals surface area contributed by atoms with Crippen LogP contribution in [0.25, 0.3) is 0 Å². The second-order valence-electron chi connectivity index (χ2n) is 14.9. The molecule has 0 saturated heterocycles. The summed E-state index contributed by atoms with van der Waals surface area (Å²) in [7, 11) is 0. The maximum absolute atomic E-state index is 14.6. The van der Waals surface area contributed by atoms with E-state index in [0.717, 1.165) is 55.4 Å². The second kappa shape index (κ2) is 14.2. The number of hydrazone groups is 1. The summed E-state index contributed by atoms with van der Waals surface area (Å²) in [5, 5.41) is 6.43. The first-order valence-electron chi connectivity index (χ1n) is 16.5. The summed E-state index contributed by atoms with van der Waals surface area (Å²) in [5.74, 6) is 6.35. The van der Waals surface area contributed by atoms with Gasteiger partial charge in [-0.2, -0.15) is 5.10 Å². The first-order valence-corrected chi connectivity index (χ1v) is 16.5. The van der Waals surface area contributed by atoms with Crippen molar-refractivity contribution in [1.82, 2.24) is 15.8 Å². The Morgan fingerprint density at radius 1 is 1.07 bits per heavy atom. The first-order chi connectivity index (χ1) is 21.7. The van der Waals surface area contributed by atoms with Crippen LogP contribution in [-0.2, 0) is 4.79 Å². The minimum Gasteiger partial charge on any atom is -0.494 e. The van der Waals surface area contributed by atoms with E-state index in [9.17, 15) is 9.59 Å². The van der Waals surface area contributed by atoms with Crippen LogP contribution in [0.15, 0.2) is 58.6 Å². The Bertz CT molecular complexity index is 1410. The van der Waals surface area contributed by atoms with Crippen LogP contribution in [0.3, 0.4) is 0 Å². The van der Waals surface area contributed by atoms with Crippen LogP contribution in [0.5, 0.6) is 5.75 Å². The fraction of sp³-hybridized carbons (Fsp3) is 0.556. The number of hydrogen-bond donors (Lipinski definition) is 4. The molecule has 10 heteroatoms. The number of nitrogens with zero attached hydrogens (tertiary/aromatic N) is 3. The normalized spacial score (nSPS) is 21.3. The molecule has 1 heterocycles. The number of carbonyl (C=O) groups excluding carboxylic acids is 2. The third-order valence-corrected chi connectivity index (χ3v) is 9.31. The van der Waals surface area contributed by atoms with Gasteiger partial charge >= 0.3 is 0 Å². The third-order valence-electron chi connectivity index (χ3n) is 9.31. The molecular weight excluding hydrogens is 578 g/mol. The molecule has 1 aliphatic heterocycles. The Kier molecular flexibility index (Phi) is 10.8. The van der Waals surface area contributed by atoms with Gasteiger partial charge in [0.25, 0.3) is 11.8 Å². The summed E-state index contributed by atoms with van der Waals surface area (Å²) in [6, 6.07) is 15.0. The molecule has 6 N–H and O–H groups in total. The number of hydrazine groups is 1. The van der Waals surface area contributed by atoms with Crippen LogP contribution >= 0.6 is 0 Å². The predicted octanol–water partition coefficient (Wildman–Crippen LogP) is 5.68. The maximum Gasteiger partial charge on any atom is 0.275 e. The molecule has 2 aromatic rings. The van der Waals surface area contributed by atoms with Gasteiger partial charge in [-0.15, -0.1) is 0 Å².